The van der Waals surface area contributed by atoms with Crippen LogP contribution in [-0.2, 0) is 9.53 Å². The van der Waals surface area contributed by atoms with Crippen LogP contribution >= 0.6 is 0 Å². The summed E-state index contributed by atoms with van der Waals surface area (Å²) in [6.45, 7) is -0.439. The first kappa shape index (κ1) is 7.70. The summed E-state index contributed by atoms with van der Waals surface area (Å²) >= 11 is 0. The van der Waals surface area contributed by atoms with E-state index in [4.69, 9.17) is 0 Å². The van der Waals surface area contributed by atoms with E-state index in [0.29, 0.717) is 0 Å². The summed E-state index contributed by atoms with van der Waals surface area (Å²) < 4.78 is 4.04. The topological polar surface area (TPSA) is 107 Å². The molecule has 0 aromatic carbocycles. The molecule has 0 aliphatic rings. The Morgan fingerprint density at radius 2 is 2.11 bits per heavy atom. The third-order valence-corrected chi connectivity index (χ3v) is 0.507. The van der Waals surface area contributed by atoms with Gasteiger partial charge >= 0.3 is 6.09 Å². The highest BCUT2D eigenvalue weighted by atomic mass is 16.5. The number of primary amides is 1. The van der Waals surface area contributed by atoms with E-state index < -0.39 is 18.6 Å². The lowest BCUT2D eigenvalue weighted by Gasteiger charge is -1.97. The summed E-state index contributed by atoms with van der Waals surface area (Å²) in [6, 6.07) is 0. The lowest BCUT2D eigenvalue weighted by Crippen LogP contribution is -2.34. The van der Waals surface area contributed by atoms with Crippen molar-refractivity contribution in [3.8, 4) is 0 Å². The van der Waals surface area contributed by atoms with Crippen LogP contribution in [0.1, 0.15) is 0 Å². The second-order valence-electron chi connectivity index (χ2n) is 1.18. The lowest BCUT2D eigenvalue weighted by atomic mass is 10.7. The molecule has 0 heterocycles. The molecule has 0 aliphatic heterocycles. The third kappa shape index (κ3) is 4.56. The molecule has 0 saturated carbocycles. The number of amides is 2. The highest BCUT2D eigenvalue weighted by molar-refractivity contribution is 5.79. The van der Waals surface area contributed by atoms with Crippen molar-refractivity contribution in [3.05, 3.63) is 0 Å². The van der Waals surface area contributed by atoms with Crippen molar-refractivity contribution in [2.45, 2.75) is 0 Å². The molecule has 0 aliphatic carbocycles. The van der Waals surface area contributed by atoms with Crippen molar-refractivity contribution in [3.63, 3.8) is 0 Å². The second-order valence-corrected chi connectivity index (χ2v) is 1.18. The SMILES string of the molecule is NNC(=O)COC(N)=O. The number of hydrogen-bond donors (Lipinski definition) is 3. The minimum Gasteiger partial charge on any atom is -0.440 e. The smallest absolute Gasteiger partial charge is 0.405 e. The van der Waals surface area contributed by atoms with Gasteiger partial charge in [0, 0.05) is 0 Å². The van der Waals surface area contributed by atoms with E-state index in [0.717, 1.165) is 0 Å². The molecule has 2 amide bonds. The maximum atomic E-state index is 10.1. The van der Waals surface area contributed by atoms with E-state index in [1.165, 1.54) is 0 Å². The fourth-order valence-corrected chi connectivity index (χ4v) is 0.178. The van der Waals surface area contributed by atoms with Gasteiger partial charge in [-0.15, -0.1) is 0 Å². The molecule has 0 bridgehead atoms. The predicted octanol–water partition coefficient (Wildman–Crippen LogP) is -1.93. The minimum absolute atomic E-state index is 0.439. The van der Waals surface area contributed by atoms with Gasteiger partial charge in [-0.05, 0) is 0 Å². The first-order valence-corrected chi connectivity index (χ1v) is 2.08. The Labute approximate surface area is 51.1 Å². The highest BCUT2D eigenvalue weighted by Crippen LogP contribution is 1.70. The average Bonchev–Trinajstić information content (AvgIpc) is 1.83. The molecule has 52 valence electrons. The molecule has 0 spiro atoms. The van der Waals surface area contributed by atoms with Crippen LogP contribution in [0.15, 0.2) is 0 Å². The van der Waals surface area contributed by atoms with Crippen molar-refractivity contribution >= 4 is 12.0 Å². The number of hydrazine groups is 1. The lowest BCUT2D eigenvalue weighted by molar-refractivity contribution is -0.123. The van der Waals surface area contributed by atoms with E-state index in [1.54, 1.807) is 5.43 Å². The molecule has 0 fully saturated rings. The van der Waals surface area contributed by atoms with Gasteiger partial charge in [-0.25, -0.2) is 10.6 Å². The number of carbonyl (C=O) groups excluding carboxylic acids is 2. The number of nitrogens with one attached hydrogen (secondary N) is 1. The number of hydrogen-bond acceptors (Lipinski definition) is 4. The third-order valence-electron chi connectivity index (χ3n) is 0.507. The van der Waals surface area contributed by atoms with Gasteiger partial charge < -0.3 is 10.5 Å². The molecule has 6 nitrogen and oxygen atoms in total. The van der Waals surface area contributed by atoms with Gasteiger partial charge in [0.15, 0.2) is 6.61 Å². The van der Waals surface area contributed by atoms with E-state index in [1.807, 2.05) is 0 Å². The Bertz CT molecular complexity index is 123. The van der Waals surface area contributed by atoms with Crippen LogP contribution in [0.5, 0.6) is 0 Å². The number of rotatable bonds is 2. The van der Waals surface area contributed by atoms with Crippen molar-refractivity contribution in [1.29, 1.82) is 0 Å². The summed E-state index contributed by atoms with van der Waals surface area (Å²) in [5, 5.41) is 0. The van der Waals surface area contributed by atoms with Crippen molar-refractivity contribution in [1.82, 2.24) is 5.43 Å². The van der Waals surface area contributed by atoms with Gasteiger partial charge in [0.05, 0.1) is 0 Å². The van der Waals surface area contributed by atoms with Crippen LogP contribution in [0.2, 0.25) is 0 Å². The maximum absolute atomic E-state index is 10.1. The Balaban J connectivity index is 3.28. The average molecular weight is 133 g/mol. The molecule has 0 saturated heterocycles. The van der Waals surface area contributed by atoms with Crippen LogP contribution in [0, 0.1) is 0 Å². The molecule has 9 heavy (non-hydrogen) atoms. The summed E-state index contributed by atoms with van der Waals surface area (Å²) in [4.78, 5) is 19.9. The van der Waals surface area contributed by atoms with Gasteiger partial charge in [-0.2, -0.15) is 0 Å². The van der Waals surface area contributed by atoms with Gasteiger partial charge in [-0.1, -0.05) is 0 Å². The molecule has 0 aromatic heterocycles. The van der Waals surface area contributed by atoms with Crippen LogP contribution < -0.4 is 17.0 Å². The monoisotopic (exact) mass is 133 g/mol. The zero-order valence-electron chi connectivity index (χ0n) is 4.59. The van der Waals surface area contributed by atoms with Crippen LogP contribution in [-0.4, -0.2) is 18.6 Å². The van der Waals surface area contributed by atoms with E-state index in [2.05, 4.69) is 16.3 Å². The zero-order valence-corrected chi connectivity index (χ0v) is 4.59. The molecule has 5 N–H and O–H groups in total. The Morgan fingerprint density at radius 1 is 1.56 bits per heavy atom. The van der Waals surface area contributed by atoms with Crippen LogP contribution in [0.25, 0.3) is 0 Å². The quantitative estimate of drug-likeness (QED) is 0.231. The predicted molar refractivity (Wildman–Crippen MR) is 27.9 cm³/mol. The standard InChI is InChI=1S/C3H7N3O3/c4-3(8)9-1-2(7)6-5/h1,5H2,(H2,4,8)(H,6,7). The molecule has 0 rings (SSSR count). The van der Waals surface area contributed by atoms with Crippen LogP contribution in [0.3, 0.4) is 0 Å². The fourth-order valence-electron chi connectivity index (χ4n) is 0.178. The zero-order chi connectivity index (χ0) is 7.28. The first-order chi connectivity index (χ1) is 4.16. The van der Waals surface area contributed by atoms with Gasteiger partial charge in [0.2, 0.25) is 0 Å². The minimum atomic E-state index is -1.00. The Hall–Kier alpha value is -1.30. The Morgan fingerprint density at radius 3 is 2.44 bits per heavy atom. The molecular formula is C3H7N3O3. The van der Waals surface area contributed by atoms with Crippen molar-refractivity contribution < 1.29 is 14.3 Å². The normalized spacial score (nSPS) is 8.11. The maximum Gasteiger partial charge on any atom is 0.405 e. The second kappa shape index (κ2) is 3.67. The number of carbonyl (C=O) groups is 2. The largest absolute Gasteiger partial charge is 0.440 e. The van der Waals surface area contributed by atoms with E-state index in [9.17, 15) is 9.59 Å². The molecule has 6 heteroatoms. The van der Waals surface area contributed by atoms with E-state index in [-0.39, 0.29) is 0 Å². The van der Waals surface area contributed by atoms with Crippen LogP contribution in [0.4, 0.5) is 4.79 Å². The van der Waals surface area contributed by atoms with Gasteiger partial charge in [0.1, 0.15) is 0 Å². The molecule has 0 atom stereocenters. The summed E-state index contributed by atoms with van der Waals surface area (Å²) in [7, 11) is 0. The molecule has 0 aromatic rings. The molecule has 0 radical (unpaired) electrons. The molecule has 0 unspecified atom stereocenters. The van der Waals surface area contributed by atoms with Gasteiger partial charge in [-0.3, -0.25) is 10.2 Å². The number of nitrogens with two attached hydrogens (primary N) is 2. The molecular weight excluding hydrogens is 126 g/mol. The van der Waals surface area contributed by atoms with E-state index >= 15 is 0 Å². The summed E-state index contributed by atoms with van der Waals surface area (Å²) in [6.07, 6.45) is -1.00. The van der Waals surface area contributed by atoms with Crippen molar-refractivity contribution in [2.24, 2.45) is 11.6 Å². The Kier molecular flexibility index (Phi) is 3.14. The van der Waals surface area contributed by atoms with Gasteiger partial charge in [0.25, 0.3) is 5.91 Å². The first-order valence-electron chi connectivity index (χ1n) is 2.08. The summed E-state index contributed by atoms with van der Waals surface area (Å²) in [5.74, 6) is 4.02. The summed E-state index contributed by atoms with van der Waals surface area (Å²) in [5.41, 5.74) is 6.26. The van der Waals surface area contributed by atoms with Crippen molar-refractivity contribution in [2.75, 3.05) is 6.61 Å². The highest BCUT2D eigenvalue weighted by Gasteiger charge is 1.99. The number of ether oxygens (including phenoxy) is 1. The fraction of sp³-hybridized carbons (Fsp3) is 0.333.